The first kappa shape index (κ1) is 11.5. The zero-order valence-corrected chi connectivity index (χ0v) is 9.80. The van der Waals surface area contributed by atoms with Gasteiger partial charge in [0.1, 0.15) is 11.5 Å². The van der Waals surface area contributed by atoms with Crippen molar-refractivity contribution in [1.82, 2.24) is 0 Å². The molecule has 2 heteroatoms. The molecule has 2 nitrogen and oxygen atoms in total. The molecule has 0 spiro atoms. The average Bonchev–Trinajstić information content (AvgIpc) is 2.29. The summed E-state index contributed by atoms with van der Waals surface area (Å²) in [6.07, 6.45) is 0.845. The fourth-order valence-corrected chi connectivity index (χ4v) is 1.99. The summed E-state index contributed by atoms with van der Waals surface area (Å²) < 4.78 is 0. The number of hydrogen-bond acceptors (Lipinski definition) is 2. The normalized spacial score (nSPS) is 12.3. The maximum Gasteiger partial charge on any atom is 0.115 e. The van der Waals surface area contributed by atoms with Crippen molar-refractivity contribution in [2.45, 2.75) is 19.3 Å². The van der Waals surface area contributed by atoms with Gasteiger partial charge in [0.25, 0.3) is 0 Å². The highest BCUT2D eigenvalue weighted by atomic mass is 16.3. The van der Waals surface area contributed by atoms with Crippen LogP contribution >= 0.6 is 0 Å². The topological polar surface area (TPSA) is 40.5 Å². The van der Waals surface area contributed by atoms with E-state index >= 15 is 0 Å². The number of phenols is 2. The van der Waals surface area contributed by atoms with Gasteiger partial charge in [-0.2, -0.15) is 0 Å². The van der Waals surface area contributed by atoms with E-state index in [1.165, 1.54) is 0 Å². The van der Waals surface area contributed by atoms with Crippen molar-refractivity contribution < 1.29 is 10.2 Å². The standard InChI is InChI=1S/C15H16O2/c1-11(13-5-3-7-15(17)10-13)8-12-4-2-6-14(16)9-12/h2-7,9-11,16-17H,8H2,1H3. The molecule has 88 valence electrons. The van der Waals surface area contributed by atoms with E-state index in [1.807, 2.05) is 24.3 Å². The van der Waals surface area contributed by atoms with Crippen LogP contribution in [0.2, 0.25) is 0 Å². The molecule has 2 aromatic rings. The molecule has 1 unspecified atom stereocenters. The molecule has 0 heterocycles. The summed E-state index contributed by atoms with van der Waals surface area (Å²) in [7, 11) is 0. The molecule has 2 N–H and O–H groups in total. The highest BCUT2D eigenvalue weighted by molar-refractivity contribution is 5.32. The Hall–Kier alpha value is -1.96. The third-order valence-corrected chi connectivity index (χ3v) is 2.89. The van der Waals surface area contributed by atoms with E-state index in [-0.39, 0.29) is 0 Å². The summed E-state index contributed by atoms with van der Waals surface area (Å²) in [5, 5.41) is 18.8. The predicted octanol–water partition coefficient (Wildman–Crippen LogP) is 3.44. The molecule has 0 fully saturated rings. The lowest BCUT2D eigenvalue weighted by Gasteiger charge is -2.12. The first-order chi connectivity index (χ1) is 8.15. The average molecular weight is 228 g/mol. The Morgan fingerprint density at radius 3 is 2.24 bits per heavy atom. The highest BCUT2D eigenvalue weighted by Crippen LogP contribution is 2.24. The second-order valence-electron chi connectivity index (χ2n) is 4.37. The van der Waals surface area contributed by atoms with E-state index in [0.717, 1.165) is 17.5 Å². The van der Waals surface area contributed by atoms with Crippen LogP contribution in [0, 0.1) is 0 Å². The first-order valence-electron chi connectivity index (χ1n) is 5.72. The van der Waals surface area contributed by atoms with E-state index in [1.54, 1.807) is 24.3 Å². The van der Waals surface area contributed by atoms with Gasteiger partial charge in [0.15, 0.2) is 0 Å². The van der Waals surface area contributed by atoms with Gasteiger partial charge in [-0.3, -0.25) is 0 Å². The third kappa shape index (κ3) is 3.00. The van der Waals surface area contributed by atoms with Crippen LogP contribution in [0.5, 0.6) is 11.5 Å². The molecule has 0 bridgehead atoms. The van der Waals surface area contributed by atoms with Crippen LogP contribution in [0.25, 0.3) is 0 Å². The second kappa shape index (κ2) is 4.91. The maximum atomic E-state index is 9.43. The molecule has 0 radical (unpaired) electrons. The first-order valence-corrected chi connectivity index (χ1v) is 5.72. The fourth-order valence-electron chi connectivity index (χ4n) is 1.99. The minimum absolute atomic E-state index is 0.297. The minimum atomic E-state index is 0.297. The van der Waals surface area contributed by atoms with Crippen LogP contribution in [0.4, 0.5) is 0 Å². The van der Waals surface area contributed by atoms with Crippen LogP contribution in [0.1, 0.15) is 24.0 Å². The Morgan fingerprint density at radius 2 is 1.59 bits per heavy atom. The fraction of sp³-hybridized carbons (Fsp3) is 0.200. The zero-order chi connectivity index (χ0) is 12.3. The molecule has 0 aliphatic rings. The molecule has 0 aliphatic heterocycles. The van der Waals surface area contributed by atoms with Gasteiger partial charge in [0.05, 0.1) is 0 Å². The van der Waals surface area contributed by atoms with Gasteiger partial charge >= 0.3 is 0 Å². The van der Waals surface area contributed by atoms with Crippen LogP contribution in [-0.2, 0) is 6.42 Å². The molecule has 17 heavy (non-hydrogen) atoms. The van der Waals surface area contributed by atoms with E-state index in [0.29, 0.717) is 17.4 Å². The minimum Gasteiger partial charge on any atom is -0.508 e. The summed E-state index contributed by atoms with van der Waals surface area (Å²) >= 11 is 0. The molecule has 0 amide bonds. The smallest absolute Gasteiger partial charge is 0.115 e. The SMILES string of the molecule is CC(Cc1cccc(O)c1)c1cccc(O)c1. The number of hydrogen-bond donors (Lipinski definition) is 2. The van der Waals surface area contributed by atoms with Crippen molar-refractivity contribution in [3.05, 3.63) is 59.7 Å². The predicted molar refractivity (Wildman–Crippen MR) is 68.3 cm³/mol. The van der Waals surface area contributed by atoms with Gasteiger partial charge in [0, 0.05) is 0 Å². The largest absolute Gasteiger partial charge is 0.508 e. The number of rotatable bonds is 3. The van der Waals surface area contributed by atoms with E-state index in [9.17, 15) is 10.2 Å². The number of phenolic OH excluding ortho intramolecular Hbond substituents is 2. The van der Waals surface area contributed by atoms with Gasteiger partial charge in [-0.15, -0.1) is 0 Å². The summed E-state index contributed by atoms with van der Waals surface area (Å²) in [6.45, 7) is 2.11. The Bertz CT molecular complexity index is 506. The van der Waals surface area contributed by atoms with Crippen molar-refractivity contribution in [1.29, 1.82) is 0 Å². The van der Waals surface area contributed by atoms with Crippen molar-refractivity contribution in [3.63, 3.8) is 0 Å². The van der Waals surface area contributed by atoms with Crippen LogP contribution in [0.15, 0.2) is 48.5 Å². The lowest BCUT2D eigenvalue weighted by atomic mass is 9.93. The van der Waals surface area contributed by atoms with Gasteiger partial charge < -0.3 is 10.2 Å². The van der Waals surface area contributed by atoms with Gasteiger partial charge in [-0.25, -0.2) is 0 Å². The van der Waals surface area contributed by atoms with Gasteiger partial charge in [0.2, 0.25) is 0 Å². The molecule has 0 saturated carbocycles. The quantitative estimate of drug-likeness (QED) is 0.844. The Labute approximate surface area is 101 Å². The molecular formula is C15H16O2. The summed E-state index contributed by atoms with van der Waals surface area (Å²) in [5.41, 5.74) is 2.20. The van der Waals surface area contributed by atoms with E-state index in [2.05, 4.69) is 6.92 Å². The van der Waals surface area contributed by atoms with E-state index in [4.69, 9.17) is 0 Å². The zero-order valence-electron chi connectivity index (χ0n) is 9.80. The molecule has 0 saturated heterocycles. The van der Waals surface area contributed by atoms with Crippen LogP contribution in [-0.4, -0.2) is 10.2 Å². The number of aromatic hydroxyl groups is 2. The Balaban J connectivity index is 2.14. The summed E-state index contributed by atoms with van der Waals surface area (Å²) in [4.78, 5) is 0. The van der Waals surface area contributed by atoms with Gasteiger partial charge in [-0.1, -0.05) is 31.2 Å². The maximum absolute atomic E-state index is 9.43. The van der Waals surface area contributed by atoms with Crippen LogP contribution < -0.4 is 0 Å². The van der Waals surface area contributed by atoms with Crippen molar-refractivity contribution >= 4 is 0 Å². The molecule has 0 aliphatic carbocycles. The second-order valence-corrected chi connectivity index (χ2v) is 4.37. The third-order valence-electron chi connectivity index (χ3n) is 2.89. The molecule has 1 atom stereocenters. The monoisotopic (exact) mass is 228 g/mol. The van der Waals surface area contributed by atoms with Crippen molar-refractivity contribution in [2.75, 3.05) is 0 Å². The lowest BCUT2D eigenvalue weighted by molar-refractivity contribution is 0.472. The van der Waals surface area contributed by atoms with E-state index < -0.39 is 0 Å². The van der Waals surface area contributed by atoms with Crippen LogP contribution in [0.3, 0.4) is 0 Å². The number of benzene rings is 2. The summed E-state index contributed by atoms with van der Waals surface area (Å²) in [5.74, 6) is 0.903. The summed E-state index contributed by atoms with van der Waals surface area (Å²) in [6, 6.07) is 14.6. The lowest BCUT2D eigenvalue weighted by Crippen LogP contribution is -1.98. The Kier molecular flexibility index (Phi) is 3.33. The molecule has 2 aromatic carbocycles. The van der Waals surface area contributed by atoms with Crippen molar-refractivity contribution in [2.24, 2.45) is 0 Å². The molecule has 0 aromatic heterocycles. The highest BCUT2D eigenvalue weighted by Gasteiger charge is 2.07. The van der Waals surface area contributed by atoms with Crippen molar-refractivity contribution in [3.8, 4) is 11.5 Å². The van der Waals surface area contributed by atoms with Gasteiger partial charge in [-0.05, 0) is 47.7 Å². The Morgan fingerprint density at radius 1 is 0.941 bits per heavy atom. The molecule has 2 rings (SSSR count). The molecular weight excluding hydrogens is 212 g/mol.